The zero-order chi connectivity index (χ0) is 13.7. The van der Waals surface area contributed by atoms with Gasteiger partial charge in [0, 0.05) is 6.54 Å². The van der Waals surface area contributed by atoms with E-state index in [-0.39, 0.29) is 12.6 Å². The monoisotopic (exact) mass is 254 g/mol. The maximum absolute atomic E-state index is 11.8. The third kappa shape index (κ3) is 3.80. The van der Waals surface area contributed by atoms with Gasteiger partial charge in [0.1, 0.15) is 18.1 Å². The molecule has 1 atom stereocenters. The van der Waals surface area contributed by atoms with Crippen molar-refractivity contribution in [1.82, 2.24) is 10.2 Å². The average molecular weight is 254 g/mol. The maximum atomic E-state index is 11.8. The van der Waals surface area contributed by atoms with E-state index in [1.165, 1.54) is 4.90 Å². The third-order valence-corrected chi connectivity index (χ3v) is 2.52. The Morgan fingerprint density at radius 3 is 2.61 bits per heavy atom. The average Bonchev–Trinajstić information content (AvgIpc) is 2.72. The Labute approximate surface area is 106 Å². The molecule has 6 nitrogen and oxygen atoms in total. The van der Waals surface area contributed by atoms with Crippen molar-refractivity contribution in [2.75, 3.05) is 13.1 Å². The van der Waals surface area contributed by atoms with Crippen molar-refractivity contribution < 1.29 is 19.1 Å². The van der Waals surface area contributed by atoms with Crippen molar-refractivity contribution in [3.05, 3.63) is 23.7 Å². The number of hydrogen-bond acceptors (Lipinski definition) is 3. The number of hydrogen-bond donors (Lipinski definition) is 2. The van der Waals surface area contributed by atoms with E-state index in [1.807, 2.05) is 13.0 Å². The van der Waals surface area contributed by atoms with Gasteiger partial charge < -0.3 is 19.7 Å². The van der Waals surface area contributed by atoms with Crippen molar-refractivity contribution in [1.29, 1.82) is 0 Å². The van der Waals surface area contributed by atoms with E-state index in [4.69, 9.17) is 9.52 Å². The van der Waals surface area contributed by atoms with E-state index >= 15 is 0 Å². The molecule has 0 spiro atoms. The molecule has 1 unspecified atom stereocenters. The molecule has 0 bridgehead atoms. The molecule has 6 heteroatoms. The van der Waals surface area contributed by atoms with Crippen molar-refractivity contribution in [2.45, 2.75) is 26.8 Å². The number of likely N-dealkylation sites (N-methyl/N-ethyl adjacent to an activating group) is 1. The molecule has 0 aliphatic rings. The lowest BCUT2D eigenvalue weighted by Gasteiger charge is -2.21. The lowest BCUT2D eigenvalue weighted by Crippen LogP contribution is -2.43. The first-order valence-corrected chi connectivity index (χ1v) is 5.77. The Bertz CT molecular complexity index is 427. The van der Waals surface area contributed by atoms with Crippen LogP contribution in [0, 0.1) is 6.92 Å². The quantitative estimate of drug-likeness (QED) is 0.838. The Hall–Kier alpha value is -1.98. The van der Waals surface area contributed by atoms with E-state index in [0.717, 1.165) is 5.76 Å². The predicted octanol–water partition coefficient (Wildman–Crippen LogP) is 1.77. The number of nitrogens with zero attached hydrogens (tertiary/aromatic N) is 1. The Balaban J connectivity index is 2.60. The fourth-order valence-electron chi connectivity index (χ4n) is 1.52. The van der Waals surface area contributed by atoms with Crippen LogP contribution >= 0.6 is 0 Å². The smallest absolute Gasteiger partial charge is 0.323 e. The normalized spacial score (nSPS) is 11.9. The van der Waals surface area contributed by atoms with Crippen LogP contribution in [0.4, 0.5) is 4.79 Å². The van der Waals surface area contributed by atoms with Gasteiger partial charge in [0.15, 0.2) is 0 Å². The number of aryl methyl sites for hydroxylation is 1. The van der Waals surface area contributed by atoms with Crippen LogP contribution in [-0.2, 0) is 4.79 Å². The van der Waals surface area contributed by atoms with Gasteiger partial charge in [-0.2, -0.15) is 0 Å². The molecule has 0 radical (unpaired) electrons. The molecule has 0 aromatic carbocycles. The second-order valence-corrected chi connectivity index (χ2v) is 4.03. The standard InChI is InChI=1S/C12H18N2O4/c1-4-14(7-11(15)16)12(17)13-9(3)10-6-5-8(2)18-10/h5-6,9H,4,7H2,1-3H3,(H,13,17)(H,15,16). The summed E-state index contributed by atoms with van der Waals surface area (Å²) in [6.07, 6.45) is 0. The van der Waals surface area contributed by atoms with Gasteiger partial charge >= 0.3 is 12.0 Å². The molecule has 2 N–H and O–H groups in total. The zero-order valence-electron chi connectivity index (χ0n) is 10.8. The van der Waals surface area contributed by atoms with Crippen LogP contribution < -0.4 is 5.32 Å². The zero-order valence-corrected chi connectivity index (χ0v) is 10.8. The van der Waals surface area contributed by atoms with Gasteiger partial charge in [-0.05, 0) is 32.9 Å². The predicted molar refractivity (Wildman–Crippen MR) is 65.3 cm³/mol. The van der Waals surface area contributed by atoms with E-state index in [9.17, 15) is 9.59 Å². The number of aliphatic carboxylic acids is 1. The molecule has 1 heterocycles. The van der Waals surface area contributed by atoms with Gasteiger partial charge in [-0.3, -0.25) is 4.79 Å². The van der Waals surface area contributed by atoms with Crippen LogP contribution in [0.25, 0.3) is 0 Å². The SMILES string of the molecule is CCN(CC(=O)O)C(=O)NC(C)c1ccc(C)o1. The number of carbonyl (C=O) groups excluding carboxylic acids is 1. The van der Waals surface area contributed by atoms with Gasteiger partial charge in [0.05, 0.1) is 6.04 Å². The van der Waals surface area contributed by atoms with Gasteiger partial charge in [-0.15, -0.1) is 0 Å². The van der Waals surface area contributed by atoms with Crippen molar-refractivity contribution in [3.63, 3.8) is 0 Å². The molecular formula is C12H18N2O4. The van der Waals surface area contributed by atoms with Gasteiger partial charge in [-0.1, -0.05) is 0 Å². The van der Waals surface area contributed by atoms with Crippen LogP contribution in [0.15, 0.2) is 16.5 Å². The first-order chi connectivity index (χ1) is 8.43. The van der Waals surface area contributed by atoms with Gasteiger partial charge in [-0.25, -0.2) is 4.79 Å². The van der Waals surface area contributed by atoms with Crippen LogP contribution in [0.3, 0.4) is 0 Å². The number of amides is 2. The fraction of sp³-hybridized carbons (Fsp3) is 0.500. The Morgan fingerprint density at radius 1 is 1.50 bits per heavy atom. The number of carboxylic acid groups (broad SMARTS) is 1. The van der Waals surface area contributed by atoms with Gasteiger partial charge in [0.2, 0.25) is 0 Å². The third-order valence-electron chi connectivity index (χ3n) is 2.52. The minimum Gasteiger partial charge on any atom is -0.480 e. The number of carbonyl (C=O) groups is 2. The highest BCUT2D eigenvalue weighted by Gasteiger charge is 2.18. The molecule has 0 aliphatic heterocycles. The van der Waals surface area contributed by atoms with Crippen LogP contribution in [0.1, 0.15) is 31.4 Å². The maximum Gasteiger partial charge on any atom is 0.323 e. The molecule has 0 saturated heterocycles. The van der Waals surface area contributed by atoms with E-state index in [2.05, 4.69) is 5.32 Å². The van der Waals surface area contributed by atoms with Crippen LogP contribution in [0.5, 0.6) is 0 Å². The summed E-state index contributed by atoms with van der Waals surface area (Å²) >= 11 is 0. The number of rotatable bonds is 5. The van der Waals surface area contributed by atoms with Crippen LogP contribution in [0.2, 0.25) is 0 Å². The summed E-state index contributed by atoms with van der Waals surface area (Å²) in [5.74, 6) is 0.379. The van der Waals surface area contributed by atoms with E-state index in [0.29, 0.717) is 12.3 Å². The summed E-state index contributed by atoms with van der Waals surface area (Å²) in [4.78, 5) is 23.6. The fourth-order valence-corrected chi connectivity index (χ4v) is 1.52. The van der Waals surface area contributed by atoms with Crippen LogP contribution in [-0.4, -0.2) is 35.1 Å². The molecule has 100 valence electrons. The number of carboxylic acids is 1. The van der Waals surface area contributed by atoms with Crippen molar-refractivity contribution in [3.8, 4) is 0 Å². The highest BCUT2D eigenvalue weighted by atomic mass is 16.4. The van der Waals surface area contributed by atoms with Crippen molar-refractivity contribution in [2.24, 2.45) is 0 Å². The summed E-state index contributed by atoms with van der Waals surface area (Å²) in [6.45, 7) is 5.35. The first kappa shape index (κ1) is 14.1. The lowest BCUT2D eigenvalue weighted by molar-refractivity contribution is -0.137. The second kappa shape index (κ2) is 6.09. The van der Waals surface area contributed by atoms with E-state index < -0.39 is 12.0 Å². The van der Waals surface area contributed by atoms with E-state index in [1.54, 1.807) is 19.9 Å². The number of furan rings is 1. The van der Waals surface area contributed by atoms with Gasteiger partial charge in [0.25, 0.3) is 0 Å². The largest absolute Gasteiger partial charge is 0.480 e. The minimum absolute atomic E-state index is 0.297. The molecule has 1 aromatic rings. The summed E-state index contributed by atoms with van der Waals surface area (Å²) < 4.78 is 5.39. The second-order valence-electron chi connectivity index (χ2n) is 4.03. The lowest BCUT2D eigenvalue weighted by atomic mass is 10.2. The molecule has 0 aliphatic carbocycles. The molecular weight excluding hydrogens is 236 g/mol. The molecule has 18 heavy (non-hydrogen) atoms. The summed E-state index contributed by atoms with van der Waals surface area (Å²) in [5.41, 5.74) is 0. The highest BCUT2D eigenvalue weighted by molar-refractivity contribution is 5.80. The summed E-state index contributed by atoms with van der Waals surface area (Å²) in [7, 11) is 0. The minimum atomic E-state index is -1.03. The number of nitrogens with one attached hydrogen (secondary N) is 1. The topological polar surface area (TPSA) is 82.8 Å². The first-order valence-electron chi connectivity index (χ1n) is 5.77. The number of urea groups is 1. The molecule has 0 saturated carbocycles. The Morgan fingerprint density at radius 2 is 2.17 bits per heavy atom. The molecule has 0 fully saturated rings. The molecule has 1 rings (SSSR count). The van der Waals surface area contributed by atoms with Crippen molar-refractivity contribution >= 4 is 12.0 Å². The summed E-state index contributed by atoms with van der Waals surface area (Å²) in [6, 6.07) is 2.89. The molecule has 2 amide bonds. The highest BCUT2D eigenvalue weighted by Crippen LogP contribution is 2.15. The molecule has 1 aromatic heterocycles. The Kier molecular flexibility index (Phi) is 4.76. The summed E-state index contributed by atoms with van der Waals surface area (Å²) in [5, 5.41) is 11.4.